The van der Waals surface area contributed by atoms with Crippen molar-refractivity contribution in [1.82, 2.24) is 5.43 Å². The van der Waals surface area contributed by atoms with Gasteiger partial charge in [-0.3, -0.25) is 5.43 Å². The van der Waals surface area contributed by atoms with Gasteiger partial charge in [-0.25, -0.2) is 10.2 Å². The molecule has 2 N–H and O–H groups in total. The van der Waals surface area contributed by atoms with Gasteiger partial charge in [0, 0.05) is 17.0 Å². The van der Waals surface area contributed by atoms with Crippen molar-refractivity contribution in [1.29, 1.82) is 0 Å². The van der Waals surface area contributed by atoms with Gasteiger partial charge >= 0.3 is 6.09 Å². The number of hydrazine groups is 1. The van der Waals surface area contributed by atoms with Gasteiger partial charge in [0.25, 0.3) is 0 Å². The maximum Gasteiger partial charge on any atom is 0.425 e. The van der Waals surface area contributed by atoms with E-state index in [9.17, 15) is 4.79 Å². The van der Waals surface area contributed by atoms with Crippen LogP contribution < -0.4 is 15.6 Å². The number of methoxy groups -OCH3 is 1. The number of benzene rings is 1. The first kappa shape index (κ1) is 12.8. The first-order valence-electron chi connectivity index (χ1n) is 5.61. The molecule has 1 aliphatic rings. The van der Waals surface area contributed by atoms with Crippen molar-refractivity contribution in [3.63, 3.8) is 0 Å². The van der Waals surface area contributed by atoms with Crippen molar-refractivity contribution >= 4 is 23.4 Å². The molecule has 1 atom stereocenters. The number of nitrogens with one attached hydrogen (secondary N) is 2. The third-order valence-corrected chi connectivity index (χ3v) is 3.29. The zero-order chi connectivity index (χ0) is 13.3. The van der Waals surface area contributed by atoms with Crippen LogP contribution in [0.25, 0.3) is 0 Å². The number of anilines is 1. The fourth-order valence-corrected chi connectivity index (χ4v) is 2.17. The Morgan fingerprint density at radius 3 is 3.00 bits per heavy atom. The number of fused-ring (bicyclic) bond motifs is 1. The van der Waals surface area contributed by atoms with E-state index in [2.05, 4.69) is 15.6 Å². The smallest absolute Gasteiger partial charge is 0.425 e. The Morgan fingerprint density at radius 2 is 2.33 bits per heavy atom. The summed E-state index contributed by atoms with van der Waals surface area (Å²) in [6, 6.07) is 1.73. The highest BCUT2D eigenvalue weighted by molar-refractivity contribution is 6.31. The lowest BCUT2D eigenvalue weighted by molar-refractivity contribution is 0.173. The van der Waals surface area contributed by atoms with Crippen molar-refractivity contribution < 1.29 is 14.3 Å². The van der Waals surface area contributed by atoms with Gasteiger partial charge in [0.05, 0.1) is 12.8 Å². The van der Waals surface area contributed by atoms with Gasteiger partial charge in [-0.1, -0.05) is 11.6 Å². The maximum atomic E-state index is 11.0. The second-order valence-corrected chi connectivity index (χ2v) is 4.62. The SMILES string of the molecule is COC(=O)NNc1cc(Cl)c(C)c2c1OC(C)C2. The summed E-state index contributed by atoms with van der Waals surface area (Å²) in [4.78, 5) is 11.0. The minimum absolute atomic E-state index is 0.107. The second-order valence-electron chi connectivity index (χ2n) is 4.21. The number of ether oxygens (including phenoxy) is 2. The third kappa shape index (κ3) is 2.31. The van der Waals surface area contributed by atoms with Crippen LogP contribution in [0.4, 0.5) is 10.5 Å². The first-order valence-corrected chi connectivity index (χ1v) is 5.99. The van der Waals surface area contributed by atoms with Crippen LogP contribution in [0, 0.1) is 6.92 Å². The number of rotatable bonds is 2. The summed E-state index contributed by atoms with van der Waals surface area (Å²) in [5, 5.41) is 0.639. The van der Waals surface area contributed by atoms with E-state index < -0.39 is 6.09 Å². The number of hydrogen-bond acceptors (Lipinski definition) is 4. The van der Waals surface area contributed by atoms with Crippen LogP contribution in [-0.2, 0) is 11.2 Å². The fraction of sp³-hybridized carbons (Fsp3) is 0.417. The predicted molar refractivity (Wildman–Crippen MR) is 69.1 cm³/mol. The highest BCUT2D eigenvalue weighted by Crippen LogP contribution is 2.41. The molecule has 1 heterocycles. The number of hydrogen-bond donors (Lipinski definition) is 2. The molecule has 1 aromatic carbocycles. The molecule has 2 rings (SSSR count). The average molecular weight is 271 g/mol. The van der Waals surface area contributed by atoms with Gasteiger partial charge < -0.3 is 9.47 Å². The van der Waals surface area contributed by atoms with Crippen LogP contribution in [0.1, 0.15) is 18.1 Å². The average Bonchev–Trinajstić information content (AvgIpc) is 2.74. The summed E-state index contributed by atoms with van der Waals surface area (Å²) in [6.07, 6.45) is 0.344. The normalized spacial score (nSPS) is 16.8. The molecular weight excluding hydrogens is 256 g/mol. The van der Waals surface area contributed by atoms with Gasteiger partial charge in [0.1, 0.15) is 11.9 Å². The Labute approximate surface area is 110 Å². The van der Waals surface area contributed by atoms with Crippen LogP contribution in [0.2, 0.25) is 5.02 Å². The molecule has 5 nitrogen and oxygen atoms in total. The second kappa shape index (κ2) is 4.94. The maximum absolute atomic E-state index is 11.0. The van der Waals surface area contributed by atoms with Crippen LogP contribution in [0.5, 0.6) is 5.75 Å². The first-order chi connectivity index (χ1) is 8.52. The van der Waals surface area contributed by atoms with Gasteiger partial charge in [-0.15, -0.1) is 0 Å². The zero-order valence-corrected chi connectivity index (χ0v) is 11.2. The summed E-state index contributed by atoms with van der Waals surface area (Å²) < 4.78 is 10.2. The van der Waals surface area contributed by atoms with E-state index in [-0.39, 0.29) is 6.10 Å². The largest absolute Gasteiger partial charge is 0.488 e. The Kier molecular flexibility index (Phi) is 3.52. The fourth-order valence-electron chi connectivity index (χ4n) is 1.95. The topological polar surface area (TPSA) is 59.6 Å². The van der Waals surface area contributed by atoms with E-state index in [1.807, 2.05) is 13.8 Å². The van der Waals surface area contributed by atoms with Gasteiger partial charge in [-0.05, 0) is 25.5 Å². The van der Waals surface area contributed by atoms with E-state index in [1.54, 1.807) is 6.07 Å². The third-order valence-electron chi connectivity index (χ3n) is 2.90. The molecule has 1 unspecified atom stereocenters. The van der Waals surface area contributed by atoms with E-state index >= 15 is 0 Å². The lowest BCUT2D eigenvalue weighted by Crippen LogP contribution is -2.29. The Morgan fingerprint density at radius 1 is 1.61 bits per heavy atom. The molecule has 0 bridgehead atoms. The molecule has 6 heteroatoms. The van der Waals surface area contributed by atoms with E-state index in [1.165, 1.54) is 7.11 Å². The van der Waals surface area contributed by atoms with Crippen LogP contribution in [0.15, 0.2) is 6.07 Å². The summed E-state index contributed by atoms with van der Waals surface area (Å²) in [7, 11) is 1.29. The van der Waals surface area contributed by atoms with Crippen molar-refractivity contribution in [2.45, 2.75) is 26.4 Å². The standard InChI is InChI=1S/C12H15ClN2O3/c1-6-4-8-7(2)9(13)5-10(11(8)18-6)14-15-12(16)17-3/h5-6,14H,4H2,1-3H3,(H,15,16). The molecule has 1 aliphatic heterocycles. The lowest BCUT2D eigenvalue weighted by Gasteiger charge is -2.14. The summed E-state index contributed by atoms with van der Waals surface area (Å²) in [5.41, 5.74) is 7.86. The lowest BCUT2D eigenvalue weighted by atomic mass is 10.0. The molecule has 0 aromatic heterocycles. The molecule has 1 aromatic rings. The molecule has 0 radical (unpaired) electrons. The van der Waals surface area contributed by atoms with Crippen molar-refractivity contribution in [3.8, 4) is 5.75 Å². The highest BCUT2D eigenvalue weighted by Gasteiger charge is 2.25. The molecule has 0 fully saturated rings. The zero-order valence-electron chi connectivity index (χ0n) is 10.5. The molecule has 0 aliphatic carbocycles. The van der Waals surface area contributed by atoms with E-state index in [4.69, 9.17) is 16.3 Å². The Bertz CT molecular complexity index is 491. The van der Waals surface area contributed by atoms with E-state index in [0.29, 0.717) is 10.7 Å². The van der Waals surface area contributed by atoms with Crippen molar-refractivity contribution in [2.75, 3.05) is 12.5 Å². The van der Waals surface area contributed by atoms with Gasteiger partial charge in [-0.2, -0.15) is 0 Å². The quantitative estimate of drug-likeness (QED) is 0.811. The van der Waals surface area contributed by atoms with Crippen LogP contribution in [-0.4, -0.2) is 19.3 Å². The van der Waals surface area contributed by atoms with Gasteiger partial charge in [0.2, 0.25) is 0 Å². The van der Waals surface area contributed by atoms with Crippen molar-refractivity contribution in [2.24, 2.45) is 0 Å². The molecular formula is C12H15ClN2O3. The van der Waals surface area contributed by atoms with Crippen LogP contribution >= 0.6 is 11.6 Å². The number of carbonyl (C=O) groups is 1. The van der Waals surface area contributed by atoms with E-state index in [0.717, 1.165) is 23.3 Å². The number of amides is 1. The number of carbonyl (C=O) groups excluding carboxylic acids is 1. The monoisotopic (exact) mass is 270 g/mol. The molecule has 0 saturated carbocycles. The summed E-state index contributed by atoms with van der Waals surface area (Å²) in [5.74, 6) is 0.737. The summed E-state index contributed by atoms with van der Waals surface area (Å²) >= 11 is 6.15. The Balaban J connectivity index is 2.29. The Hall–Kier alpha value is -1.62. The number of halogens is 1. The summed E-state index contributed by atoms with van der Waals surface area (Å²) in [6.45, 7) is 3.95. The van der Waals surface area contributed by atoms with Crippen molar-refractivity contribution in [3.05, 3.63) is 22.2 Å². The van der Waals surface area contributed by atoms with Gasteiger partial charge in [0.15, 0.2) is 0 Å². The molecule has 0 saturated heterocycles. The predicted octanol–water partition coefficient (Wildman–Crippen LogP) is 2.65. The minimum Gasteiger partial charge on any atom is -0.488 e. The highest BCUT2D eigenvalue weighted by atomic mass is 35.5. The molecule has 0 spiro atoms. The minimum atomic E-state index is -0.577. The molecule has 98 valence electrons. The molecule has 1 amide bonds. The molecule has 18 heavy (non-hydrogen) atoms. The van der Waals surface area contributed by atoms with Crippen LogP contribution in [0.3, 0.4) is 0 Å².